The summed E-state index contributed by atoms with van der Waals surface area (Å²) >= 11 is 0. The van der Waals surface area contributed by atoms with Gasteiger partial charge in [0.15, 0.2) is 0 Å². The highest BCUT2D eigenvalue weighted by Gasteiger charge is 2.51. The number of hydrogen-bond acceptors (Lipinski definition) is 2. The Balaban J connectivity index is 1.72. The van der Waals surface area contributed by atoms with Gasteiger partial charge in [0.25, 0.3) is 0 Å². The quantitative estimate of drug-likeness (QED) is 0.790. The molecule has 0 aromatic carbocycles. The minimum Gasteiger partial charge on any atom is -0.480 e. The molecular formula is C15H25NO2. The van der Waals surface area contributed by atoms with Crippen LogP contribution < -0.4 is 5.32 Å². The second kappa shape index (κ2) is 4.52. The number of hydrogen-bond donors (Lipinski definition) is 2. The van der Waals surface area contributed by atoms with Crippen molar-refractivity contribution in [2.24, 2.45) is 17.8 Å². The summed E-state index contributed by atoms with van der Waals surface area (Å²) in [5, 5.41) is 12.9. The molecule has 4 saturated carbocycles. The number of nitrogens with one attached hydrogen (secondary N) is 1. The fourth-order valence-corrected chi connectivity index (χ4v) is 5.20. The summed E-state index contributed by atoms with van der Waals surface area (Å²) in [5.41, 5.74) is 0.174. The summed E-state index contributed by atoms with van der Waals surface area (Å²) in [5.74, 6) is 1.96. The smallest absolute Gasteiger partial charge is 0.320 e. The zero-order valence-corrected chi connectivity index (χ0v) is 11.3. The van der Waals surface area contributed by atoms with Gasteiger partial charge in [-0.2, -0.15) is 0 Å². The molecule has 4 fully saturated rings. The van der Waals surface area contributed by atoms with Crippen molar-refractivity contribution in [3.8, 4) is 0 Å². The van der Waals surface area contributed by atoms with Crippen LogP contribution in [0, 0.1) is 17.8 Å². The van der Waals surface area contributed by atoms with E-state index in [2.05, 4.69) is 12.2 Å². The Bertz CT molecular complexity index is 304. The molecule has 4 bridgehead atoms. The number of carboxylic acids is 1. The van der Waals surface area contributed by atoms with Crippen LogP contribution in [0.2, 0.25) is 0 Å². The van der Waals surface area contributed by atoms with Gasteiger partial charge in [-0.25, -0.2) is 0 Å². The van der Waals surface area contributed by atoms with E-state index in [1.165, 1.54) is 38.5 Å². The van der Waals surface area contributed by atoms with Crippen LogP contribution in [0.3, 0.4) is 0 Å². The molecule has 0 aromatic rings. The third-order valence-electron chi connectivity index (χ3n) is 5.39. The van der Waals surface area contributed by atoms with E-state index in [1.54, 1.807) is 0 Å². The summed E-state index contributed by atoms with van der Waals surface area (Å²) < 4.78 is 0. The van der Waals surface area contributed by atoms with E-state index in [0.29, 0.717) is 0 Å². The molecule has 4 rings (SSSR count). The van der Waals surface area contributed by atoms with Crippen molar-refractivity contribution in [2.45, 2.75) is 69.9 Å². The van der Waals surface area contributed by atoms with Crippen molar-refractivity contribution in [3.05, 3.63) is 0 Å². The lowest BCUT2D eigenvalue weighted by Gasteiger charge is -2.57. The van der Waals surface area contributed by atoms with Gasteiger partial charge < -0.3 is 5.11 Å². The number of carbonyl (C=O) groups is 1. The normalized spacial score (nSPS) is 43.1. The molecular weight excluding hydrogens is 226 g/mol. The highest BCUT2D eigenvalue weighted by molar-refractivity contribution is 5.73. The lowest BCUT2D eigenvalue weighted by Crippen LogP contribution is -2.62. The Morgan fingerprint density at radius 3 is 2.11 bits per heavy atom. The summed E-state index contributed by atoms with van der Waals surface area (Å²) in [6.45, 7) is 2.07. The minimum absolute atomic E-state index is 0.174. The summed E-state index contributed by atoms with van der Waals surface area (Å²) in [6, 6.07) is -0.328. The first kappa shape index (κ1) is 12.5. The largest absolute Gasteiger partial charge is 0.480 e. The maximum absolute atomic E-state index is 11.4. The molecule has 18 heavy (non-hydrogen) atoms. The Kier molecular flexibility index (Phi) is 3.13. The van der Waals surface area contributed by atoms with Crippen LogP contribution in [0.15, 0.2) is 0 Å². The average molecular weight is 251 g/mol. The third kappa shape index (κ3) is 2.18. The SMILES string of the molecule is CCCC(NC12CC3CC(CC(C3)C1)C2)C(=O)O. The van der Waals surface area contributed by atoms with Crippen molar-refractivity contribution in [1.29, 1.82) is 0 Å². The van der Waals surface area contributed by atoms with Crippen molar-refractivity contribution >= 4 is 5.97 Å². The predicted molar refractivity (Wildman–Crippen MR) is 70.4 cm³/mol. The summed E-state index contributed by atoms with van der Waals surface area (Å²) in [6.07, 6.45) is 9.62. The van der Waals surface area contributed by atoms with Crippen LogP contribution in [0.25, 0.3) is 0 Å². The van der Waals surface area contributed by atoms with Crippen molar-refractivity contribution in [3.63, 3.8) is 0 Å². The predicted octanol–water partition coefficient (Wildman–Crippen LogP) is 2.80. The molecule has 0 aliphatic heterocycles. The lowest BCUT2D eigenvalue weighted by molar-refractivity contribution is -0.141. The molecule has 0 spiro atoms. The van der Waals surface area contributed by atoms with Crippen LogP contribution in [0.5, 0.6) is 0 Å². The van der Waals surface area contributed by atoms with Crippen LogP contribution in [0.4, 0.5) is 0 Å². The second-order valence-corrected chi connectivity index (χ2v) is 7.02. The molecule has 3 heteroatoms. The van der Waals surface area contributed by atoms with Gasteiger partial charge in [0.2, 0.25) is 0 Å². The Labute approximate surface area is 109 Å². The van der Waals surface area contributed by atoms with E-state index >= 15 is 0 Å². The van der Waals surface area contributed by atoms with Crippen LogP contribution in [-0.4, -0.2) is 22.7 Å². The minimum atomic E-state index is -0.660. The van der Waals surface area contributed by atoms with E-state index in [-0.39, 0.29) is 11.6 Å². The van der Waals surface area contributed by atoms with Crippen LogP contribution in [-0.2, 0) is 4.79 Å². The lowest BCUT2D eigenvalue weighted by atomic mass is 9.53. The molecule has 4 aliphatic rings. The third-order valence-corrected chi connectivity index (χ3v) is 5.39. The highest BCUT2D eigenvalue weighted by Crippen LogP contribution is 2.55. The Hall–Kier alpha value is -0.570. The van der Waals surface area contributed by atoms with Gasteiger partial charge in [0, 0.05) is 5.54 Å². The highest BCUT2D eigenvalue weighted by atomic mass is 16.4. The molecule has 3 nitrogen and oxygen atoms in total. The first-order chi connectivity index (χ1) is 8.60. The van der Waals surface area contributed by atoms with E-state index < -0.39 is 5.97 Å². The molecule has 0 amide bonds. The topological polar surface area (TPSA) is 49.3 Å². The first-order valence-electron chi connectivity index (χ1n) is 7.61. The molecule has 0 saturated heterocycles. The molecule has 1 unspecified atom stereocenters. The molecule has 2 N–H and O–H groups in total. The Morgan fingerprint density at radius 2 is 1.72 bits per heavy atom. The van der Waals surface area contributed by atoms with E-state index in [4.69, 9.17) is 0 Å². The van der Waals surface area contributed by atoms with Gasteiger partial charge in [-0.15, -0.1) is 0 Å². The molecule has 1 atom stereocenters. The fourth-order valence-electron chi connectivity index (χ4n) is 5.20. The van der Waals surface area contributed by atoms with E-state index in [0.717, 1.165) is 30.6 Å². The molecule has 102 valence electrons. The average Bonchev–Trinajstić information content (AvgIpc) is 2.26. The Morgan fingerprint density at radius 1 is 1.22 bits per heavy atom. The van der Waals surface area contributed by atoms with Crippen molar-refractivity contribution in [2.75, 3.05) is 0 Å². The number of carboxylic acid groups (broad SMARTS) is 1. The monoisotopic (exact) mass is 251 g/mol. The summed E-state index contributed by atoms with van der Waals surface area (Å²) in [4.78, 5) is 11.4. The molecule has 4 aliphatic carbocycles. The van der Waals surface area contributed by atoms with Crippen molar-refractivity contribution < 1.29 is 9.90 Å². The number of rotatable bonds is 5. The summed E-state index contributed by atoms with van der Waals surface area (Å²) in [7, 11) is 0. The van der Waals surface area contributed by atoms with Gasteiger partial charge >= 0.3 is 5.97 Å². The van der Waals surface area contributed by atoms with Gasteiger partial charge in [-0.1, -0.05) is 13.3 Å². The van der Waals surface area contributed by atoms with E-state index in [1.807, 2.05) is 0 Å². The zero-order valence-electron chi connectivity index (χ0n) is 11.3. The van der Waals surface area contributed by atoms with Crippen molar-refractivity contribution in [1.82, 2.24) is 5.32 Å². The second-order valence-electron chi connectivity index (χ2n) is 7.02. The number of aliphatic carboxylic acids is 1. The molecule has 0 aromatic heterocycles. The molecule has 0 heterocycles. The fraction of sp³-hybridized carbons (Fsp3) is 0.933. The van der Waals surface area contributed by atoms with Gasteiger partial charge in [-0.05, 0) is 62.7 Å². The van der Waals surface area contributed by atoms with Gasteiger partial charge in [0.05, 0.1) is 0 Å². The van der Waals surface area contributed by atoms with Crippen LogP contribution >= 0.6 is 0 Å². The van der Waals surface area contributed by atoms with E-state index in [9.17, 15) is 9.90 Å². The maximum atomic E-state index is 11.4. The van der Waals surface area contributed by atoms with Gasteiger partial charge in [-0.3, -0.25) is 10.1 Å². The van der Waals surface area contributed by atoms with Crippen LogP contribution in [0.1, 0.15) is 58.3 Å². The standard InChI is InChI=1S/C15H25NO2/c1-2-3-13(14(17)18)16-15-7-10-4-11(8-15)6-12(5-10)9-15/h10-13,16H,2-9H2,1H3,(H,17,18). The molecule has 0 radical (unpaired) electrons. The van der Waals surface area contributed by atoms with Gasteiger partial charge in [0.1, 0.15) is 6.04 Å². The zero-order chi connectivity index (χ0) is 12.8. The first-order valence-corrected chi connectivity index (χ1v) is 7.61. The maximum Gasteiger partial charge on any atom is 0.320 e.